The molecule has 2 aromatic heterocycles. The van der Waals surface area contributed by atoms with Crippen molar-refractivity contribution in [2.24, 2.45) is 0 Å². The number of aryl methyl sites for hydroxylation is 2. The third-order valence-corrected chi connectivity index (χ3v) is 3.22. The molecule has 0 aliphatic carbocycles. The van der Waals surface area contributed by atoms with Gasteiger partial charge < -0.3 is 10.1 Å². The Morgan fingerprint density at radius 1 is 1.29 bits per heavy atom. The van der Waals surface area contributed by atoms with Crippen molar-refractivity contribution in [3.8, 4) is 5.82 Å². The second-order valence-electron chi connectivity index (χ2n) is 4.72. The Morgan fingerprint density at radius 3 is 2.86 bits per heavy atom. The van der Waals surface area contributed by atoms with Crippen molar-refractivity contribution in [3.05, 3.63) is 35.5 Å². The fraction of sp³-hybridized carbons (Fsp3) is 0.533. The van der Waals surface area contributed by atoms with Crippen LogP contribution < -0.4 is 5.32 Å². The highest BCUT2D eigenvalue weighted by atomic mass is 16.5. The predicted molar refractivity (Wildman–Crippen MR) is 81.5 cm³/mol. The molecule has 0 atom stereocenters. The molecule has 0 spiro atoms. The lowest BCUT2D eigenvalue weighted by molar-refractivity contribution is 0.199. The van der Waals surface area contributed by atoms with Crippen LogP contribution in [0.1, 0.15) is 31.1 Å². The molecule has 1 N–H and O–H groups in total. The summed E-state index contributed by atoms with van der Waals surface area (Å²) in [5.74, 6) is 2.66. The van der Waals surface area contributed by atoms with E-state index >= 15 is 0 Å². The Labute approximate surface area is 125 Å². The lowest BCUT2D eigenvalue weighted by Crippen LogP contribution is -2.20. The van der Waals surface area contributed by atoms with Gasteiger partial charge in [0.25, 0.3) is 0 Å². The predicted octanol–water partition coefficient (Wildman–Crippen LogP) is 1.52. The van der Waals surface area contributed by atoms with Crippen molar-refractivity contribution in [2.75, 3.05) is 20.3 Å². The smallest absolute Gasteiger partial charge is 0.159 e. The van der Waals surface area contributed by atoms with E-state index in [1.54, 1.807) is 13.3 Å². The van der Waals surface area contributed by atoms with E-state index in [0.29, 0.717) is 6.61 Å². The summed E-state index contributed by atoms with van der Waals surface area (Å²) in [5, 5.41) is 7.91. The molecular formula is C15H23N5O. The van der Waals surface area contributed by atoms with Gasteiger partial charge in [0.1, 0.15) is 5.82 Å². The SMILES string of the molecule is CCc1nc(CC)n(-c2ncccc2CNCCOC)n1. The number of nitrogens with zero attached hydrogens (tertiary/aromatic N) is 4. The summed E-state index contributed by atoms with van der Waals surface area (Å²) < 4.78 is 6.91. The van der Waals surface area contributed by atoms with Crippen LogP contribution in [0, 0.1) is 0 Å². The summed E-state index contributed by atoms with van der Waals surface area (Å²) in [6.45, 7) is 6.38. The minimum atomic E-state index is 0.694. The highest BCUT2D eigenvalue weighted by Crippen LogP contribution is 2.13. The van der Waals surface area contributed by atoms with Crippen molar-refractivity contribution < 1.29 is 4.74 Å². The van der Waals surface area contributed by atoms with Crippen LogP contribution in [0.2, 0.25) is 0 Å². The molecule has 2 rings (SSSR count). The largest absolute Gasteiger partial charge is 0.383 e. The van der Waals surface area contributed by atoms with Crippen molar-refractivity contribution in [1.29, 1.82) is 0 Å². The molecule has 2 heterocycles. The van der Waals surface area contributed by atoms with Gasteiger partial charge in [0.15, 0.2) is 11.6 Å². The van der Waals surface area contributed by atoms with Crippen LogP contribution in [0.4, 0.5) is 0 Å². The third kappa shape index (κ3) is 3.86. The molecule has 0 aliphatic rings. The van der Waals surface area contributed by atoms with Gasteiger partial charge in [-0.05, 0) is 6.07 Å². The summed E-state index contributed by atoms with van der Waals surface area (Å²) >= 11 is 0. The molecule has 0 aliphatic heterocycles. The molecule has 0 bridgehead atoms. The number of hydrogen-bond acceptors (Lipinski definition) is 5. The Balaban J connectivity index is 2.24. The first kappa shape index (κ1) is 15.6. The van der Waals surface area contributed by atoms with Crippen LogP contribution in [-0.2, 0) is 24.1 Å². The molecular weight excluding hydrogens is 266 g/mol. The molecule has 6 heteroatoms. The summed E-state index contributed by atoms with van der Waals surface area (Å²) in [6, 6.07) is 4.01. The van der Waals surface area contributed by atoms with Gasteiger partial charge in [0.2, 0.25) is 0 Å². The first-order valence-electron chi connectivity index (χ1n) is 7.38. The molecule has 0 aromatic carbocycles. The molecule has 0 saturated carbocycles. The Kier molecular flexibility index (Phi) is 5.83. The maximum Gasteiger partial charge on any atom is 0.159 e. The van der Waals surface area contributed by atoms with Crippen molar-refractivity contribution in [1.82, 2.24) is 25.1 Å². The van der Waals surface area contributed by atoms with Gasteiger partial charge in [-0.2, -0.15) is 4.68 Å². The van der Waals surface area contributed by atoms with Gasteiger partial charge in [0, 0.05) is 44.8 Å². The van der Waals surface area contributed by atoms with Gasteiger partial charge in [-0.25, -0.2) is 9.97 Å². The average Bonchev–Trinajstić information content (AvgIpc) is 2.95. The first-order valence-corrected chi connectivity index (χ1v) is 7.38. The average molecular weight is 289 g/mol. The Morgan fingerprint density at radius 2 is 2.14 bits per heavy atom. The van der Waals surface area contributed by atoms with E-state index in [0.717, 1.165) is 49.0 Å². The standard InChI is InChI=1S/C15H23N5O/c1-4-13-18-14(5-2)20(19-13)15-12(7-6-8-17-15)11-16-9-10-21-3/h6-8,16H,4-5,9-11H2,1-3H3. The van der Waals surface area contributed by atoms with Crippen LogP contribution in [0.15, 0.2) is 18.3 Å². The summed E-state index contributed by atoms with van der Waals surface area (Å²) in [4.78, 5) is 9.04. The van der Waals surface area contributed by atoms with Crippen LogP contribution in [0.25, 0.3) is 5.82 Å². The molecule has 6 nitrogen and oxygen atoms in total. The van der Waals surface area contributed by atoms with Crippen LogP contribution >= 0.6 is 0 Å². The molecule has 2 aromatic rings. The molecule has 0 fully saturated rings. The number of methoxy groups -OCH3 is 1. The molecule has 114 valence electrons. The number of pyridine rings is 1. The lowest BCUT2D eigenvalue weighted by atomic mass is 10.2. The third-order valence-electron chi connectivity index (χ3n) is 3.22. The topological polar surface area (TPSA) is 64.9 Å². The molecule has 21 heavy (non-hydrogen) atoms. The minimum Gasteiger partial charge on any atom is -0.383 e. The Hall–Kier alpha value is -1.79. The first-order chi connectivity index (χ1) is 10.3. The monoisotopic (exact) mass is 289 g/mol. The van der Waals surface area contributed by atoms with E-state index in [-0.39, 0.29) is 0 Å². The quantitative estimate of drug-likeness (QED) is 0.747. The number of aromatic nitrogens is 4. The zero-order valence-corrected chi connectivity index (χ0v) is 13.0. The maximum absolute atomic E-state index is 5.04. The van der Waals surface area contributed by atoms with Crippen LogP contribution in [-0.4, -0.2) is 40.0 Å². The molecule has 0 radical (unpaired) electrons. The number of nitrogens with one attached hydrogen (secondary N) is 1. The van der Waals surface area contributed by atoms with E-state index in [1.807, 2.05) is 10.7 Å². The number of rotatable bonds is 8. The zero-order chi connectivity index (χ0) is 15.1. The zero-order valence-electron chi connectivity index (χ0n) is 13.0. The molecule has 0 amide bonds. The highest BCUT2D eigenvalue weighted by molar-refractivity contribution is 5.33. The molecule has 0 unspecified atom stereocenters. The van der Waals surface area contributed by atoms with E-state index < -0.39 is 0 Å². The minimum absolute atomic E-state index is 0.694. The normalized spacial score (nSPS) is 11.0. The maximum atomic E-state index is 5.04. The Bertz CT molecular complexity index is 567. The van der Waals surface area contributed by atoms with Gasteiger partial charge >= 0.3 is 0 Å². The number of hydrogen-bond donors (Lipinski definition) is 1. The van der Waals surface area contributed by atoms with Gasteiger partial charge in [0.05, 0.1) is 6.61 Å². The van der Waals surface area contributed by atoms with Crippen LogP contribution in [0.5, 0.6) is 0 Å². The van der Waals surface area contributed by atoms with E-state index in [2.05, 4.69) is 40.3 Å². The highest BCUT2D eigenvalue weighted by Gasteiger charge is 2.13. The fourth-order valence-electron chi connectivity index (χ4n) is 2.10. The van der Waals surface area contributed by atoms with Crippen LogP contribution in [0.3, 0.4) is 0 Å². The second kappa shape index (κ2) is 7.85. The van der Waals surface area contributed by atoms with Gasteiger partial charge in [-0.1, -0.05) is 19.9 Å². The van der Waals surface area contributed by atoms with E-state index in [1.165, 1.54) is 0 Å². The van der Waals surface area contributed by atoms with Crippen molar-refractivity contribution in [3.63, 3.8) is 0 Å². The van der Waals surface area contributed by atoms with Crippen molar-refractivity contribution >= 4 is 0 Å². The number of ether oxygens (including phenoxy) is 1. The summed E-state index contributed by atoms with van der Waals surface area (Å²) in [5.41, 5.74) is 1.11. The van der Waals surface area contributed by atoms with Crippen molar-refractivity contribution in [2.45, 2.75) is 33.2 Å². The fourth-order valence-corrected chi connectivity index (χ4v) is 2.10. The summed E-state index contributed by atoms with van der Waals surface area (Å²) in [7, 11) is 1.70. The lowest BCUT2D eigenvalue weighted by Gasteiger charge is -2.10. The van der Waals surface area contributed by atoms with E-state index in [9.17, 15) is 0 Å². The van der Waals surface area contributed by atoms with E-state index in [4.69, 9.17) is 4.74 Å². The summed E-state index contributed by atoms with van der Waals surface area (Å²) in [6.07, 6.45) is 3.45. The van der Waals surface area contributed by atoms with Gasteiger partial charge in [-0.3, -0.25) is 0 Å². The molecule has 0 saturated heterocycles. The second-order valence-corrected chi connectivity index (χ2v) is 4.72. The van der Waals surface area contributed by atoms with Gasteiger partial charge in [-0.15, -0.1) is 5.10 Å².